The van der Waals surface area contributed by atoms with Gasteiger partial charge in [0.05, 0.1) is 5.75 Å². The minimum Gasteiger partial charge on any atom is -0.334 e. The van der Waals surface area contributed by atoms with Crippen LogP contribution in [-0.4, -0.2) is 29.9 Å². The van der Waals surface area contributed by atoms with Gasteiger partial charge in [-0.15, -0.1) is 10.2 Å². The molecule has 0 bridgehead atoms. The molecule has 3 heterocycles. The van der Waals surface area contributed by atoms with E-state index in [1.54, 1.807) is 6.20 Å². The molecule has 1 aromatic carbocycles. The molecule has 0 aliphatic heterocycles. The van der Waals surface area contributed by atoms with Gasteiger partial charge in [-0.3, -0.25) is 4.98 Å². The smallest absolute Gasteiger partial charge is 0.258 e. The molecular weight excluding hydrogens is 384 g/mol. The number of rotatable bonds is 5. The Morgan fingerprint density at radius 3 is 2.70 bits per heavy atom. The number of hydrogen-bond acceptors (Lipinski definition) is 7. The fourth-order valence-corrected chi connectivity index (χ4v) is 3.41. The Kier molecular flexibility index (Phi) is 4.91. The minimum atomic E-state index is 0.482. The molecule has 0 N–H and O–H groups in total. The van der Waals surface area contributed by atoms with Gasteiger partial charge in [0.15, 0.2) is 16.8 Å². The van der Waals surface area contributed by atoms with Crippen molar-refractivity contribution in [2.24, 2.45) is 7.05 Å². The number of aromatic nitrogens is 6. The maximum absolute atomic E-state index is 5.94. The van der Waals surface area contributed by atoms with Crippen molar-refractivity contribution in [2.45, 2.75) is 17.8 Å². The lowest BCUT2D eigenvalue weighted by atomic mass is 10.2. The highest BCUT2D eigenvalue weighted by molar-refractivity contribution is 7.98. The van der Waals surface area contributed by atoms with E-state index in [4.69, 9.17) is 16.1 Å². The maximum atomic E-state index is 5.94. The summed E-state index contributed by atoms with van der Waals surface area (Å²) in [4.78, 5) is 8.61. The van der Waals surface area contributed by atoms with Gasteiger partial charge in [0.2, 0.25) is 0 Å². The Hall–Kier alpha value is -2.71. The summed E-state index contributed by atoms with van der Waals surface area (Å²) in [6, 6.07) is 11.3. The summed E-state index contributed by atoms with van der Waals surface area (Å²) in [6.07, 6.45) is 1.72. The van der Waals surface area contributed by atoms with Crippen molar-refractivity contribution in [3.8, 4) is 22.8 Å². The fraction of sp³-hybridized carbons (Fsp3) is 0.167. The van der Waals surface area contributed by atoms with E-state index in [1.807, 2.05) is 54.9 Å². The summed E-state index contributed by atoms with van der Waals surface area (Å²) in [5.41, 5.74) is 2.71. The highest BCUT2D eigenvalue weighted by Crippen LogP contribution is 2.26. The first-order valence-corrected chi connectivity index (χ1v) is 9.50. The number of aryl methyl sites for hydroxylation is 1. The lowest BCUT2D eigenvalue weighted by molar-refractivity contribution is 0.425. The topological polar surface area (TPSA) is 82.5 Å². The molecule has 9 heteroatoms. The van der Waals surface area contributed by atoms with E-state index in [0.29, 0.717) is 22.5 Å². The van der Waals surface area contributed by atoms with Crippen LogP contribution in [0.4, 0.5) is 0 Å². The summed E-state index contributed by atoms with van der Waals surface area (Å²) in [5, 5.41) is 14.0. The molecule has 7 nitrogen and oxygen atoms in total. The summed E-state index contributed by atoms with van der Waals surface area (Å²) in [7, 11) is 1.92. The molecule has 0 saturated carbocycles. The first-order chi connectivity index (χ1) is 13.1. The van der Waals surface area contributed by atoms with Crippen molar-refractivity contribution in [3.63, 3.8) is 0 Å². The first-order valence-electron chi connectivity index (χ1n) is 8.14. The molecule has 0 amide bonds. The zero-order valence-electron chi connectivity index (χ0n) is 14.6. The first kappa shape index (κ1) is 17.7. The zero-order chi connectivity index (χ0) is 18.8. The molecular formula is C18H15ClN6OS. The monoisotopic (exact) mass is 398 g/mol. The van der Waals surface area contributed by atoms with Gasteiger partial charge in [-0.2, -0.15) is 4.98 Å². The van der Waals surface area contributed by atoms with Crippen molar-refractivity contribution in [1.82, 2.24) is 29.9 Å². The van der Waals surface area contributed by atoms with Crippen molar-refractivity contribution in [2.75, 3.05) is 0 Å². The van der Waals surface area contributed by atoms with Crippen LogP contribution in [0.3, 0.4) is 0 Å². The van der Waals surface area contributed by atoms with Crippen LogP contribution >= 0.6 is 23.4 Å². The SMILES string of the molecule is Cc1cc(-c2nc(CSc3nnc(-c4ccc(Cl)cc4)n3C)no2)ccn1. The van der Waals surface area contributed by atoms with Gasteiger partial charge >= 0.3 is 0 Å². The van der Waals surface area contributed by atoms with Gasteiger partial charge in [0.25, 0.3) is 5.89 Å². The molecule has 0 aliphatic rings. The molecule has 0 saturated heterocycles. The third-order valence-electron chi connectivity index (χ3n) is 3.88. The molecule has 0 atom stereocenters. The largest absolute Gasteiger partial charge is 0.334 e. The van der Waals surface area contributed by atoms with Gasteiger partial charge in [0.1, 0.15) is 0 Å². The molecule has 0 radical (unpaired) electrons. The third kappa shape index (κ3) is 3.86. The Bertz CT molecular complexity index is 1080. The lowest BCUT2D eigenvalue weighted by Crippen LogP contribution is -1.95. The van der Waals surface area contributed by atoms with Gasteiger partial charge in [-0.25, -0.2) is 0 Å². The van der Waals surface area contributed by atoms with Gasteiger partial charge in [-0.05, 0) is 43.3 Å². The van der Waals surface area contributed by atoms with Crippen LogP contribution < -0.4 is 0 Å². The third-order valence-corrected chi connectivity index (χ3v) is 5.15. The molecule has 3 aromatic heterocycles. The predicted molar refractivity (Wildman–Crippen MR) is 103 cm³/mol. The summed E-state index contributed by atoms with van der Waals surface area (Å²) >= 11 is 7.44. The van der Waals surface area contributed by atoms with Crippen molar-refractivity contribution >= 4 is 23.4 Å². The van der Waals surface area contributed by atoms with Gasteiger partial charge in [0, 0.05) is 35.1 Å². The second-order valence-corrected chi connectivity index (χ2v) is 7.24. The average Bonchev–Trinajstić information content (AvgIpc) is 3.28. The minimum absolute atomic E-state index is 0.482. The molecule has 0 fully saturated rings. The molecule has 27 heavy (non-hydrogen) atoms. The van der Waals surface area contributed by atoms with Crippen LogP contribution in [0.1, 0.15) is 11.5 Å². The van der Waals surface area contributed by atoms with Crippen LogP contribution in [-0.2, 0) is 12.8 Å². The lowest BCUT2D eigenvalue weighted by Gasteiger charge is -2.03. The van der Waals surface area contributed by atoms with Gasteiger partial charge < -0.3 is 9.09 Å². The summed E-state index contributed by atoms with van der Waals surface area (Å²) in [6.45, 7) is 1.92. The molecule has 0 unspecified atom stereocenters. The zero-order valence-corrected chi connectivity index (χ0v) is 16.2. The Morgan fingerprint density at radius 2 is 1.93 bits per heavy atom. The molecule has 4 aromatic rings. The number of halogens is 1. The summed E-state index contributed by atoms with van der Waals surface area (Å²) in [5.74, 6) is 2.38. The Morgan fingerprint density at radius 1 is 1.11 bits per heavy atom. The van der Waals surface area contributed by atoms with Crippen LogP contribution in [0.25, 0.3) is 22.8 Å². The van der Waals surface area contributed by atoms with Crippen molar-refractivity contribution in [1.29, 1.82) is 0 Å². The second-order valence-electron chi connectivity index (χ2n) is 5.86. The van der Waals surface area contributed by atoms with E-state index in [2.05, 4.69) is 25.3 Å². The number of pyridine rings is 1. The summed E-state index contributed by atoms with van der Waals surface area (Å²) < 4.78 is 7.28. The van der Waals surface area contributed by atoms with E-state index in [9.17, 15) is 0 Å². The predicted octanol–water partition coefficient (Wildman–Crippen LogP) is 4.18. The van der Waals surface area contributed by atoms with E-state index >= 15 is 0 Å². The highest BCUT2D eigenvalue weighted by atomic mass is 35.5. The Balaban J connectivity index is 1.47. The van der Waals surface area contributed by atoms with Crippen LogP contribution in [0.15, 0.2) is 52.3 Å². The standard InChI is InChI=1S/C18H15ClN6OS/c1-11-9-13(7-8-20-11)17-21-15(24-26-17)10-27-18-23-22-16(25(18)2)12-3-5-14(19)6-4-12/h3-9H,10H2,1-2H3. The number of nitrogens with zero attached hydrogens (tertiary/aromatic N) is 6. The van der Waals surface area contributed by atoms with E-state index in [-0.39, 0.29) is 0 Å². The molecule has 0 spiro atoms. The number of thioether (sulfide) groups is 1. The Labute approximate surface area is 164 Å². The van der Waals surface area contributed by atoms with Crippen molar-refractivity contribution < 1.29 is 4.52 Å². The van der Waals surface area contributed by atoms with Crippen molar-refractivity contribution in [3.05, 3.63) is 59.1 Å². The molecule has 4 rings (SSSR count). The van der Waals surface area contributed by atoms with E-state index < -0.39 is 0 Å². The van der Waals surface area contributed by atoms with Gasteiger partial charge in [-0.1, -0.05) is 28.5 Å². The maximum Gasteiger partial charge on any atom is 0.258 e. The quantitative estimate of drug-likeness (QED) is 0.466. The van der Waals surface area contributed by atoms with Crippen LogP contribution in [0.5, 0.6) is 0 Å². The highest BCUT2D eigenvalue weighted by Gasteiger charge is 2.14. The second kappa shape index (κ2) is 7.50. The van der Waals surface area contributed by atoms with E-state index in [1.165, 1.54) is 11.8 Å². The van der Waals surface area contributed by atoms with Crippen LogP contribution in [0.2, 0.25) is 5.02 Å². The average molecular weight is 399 g/mol. The normalized spacial score (nSPS) is 11.1. The van der Waals surface area contributed by atoms with E-state index in [0.717, 1.165) is 27.8 Å². The fourth-order valence-electron chi connectivity index (χ4n) is 2.53. The molecule has 0 aliphatic carbocycles. The number of hydrogen-bond donors (Lipinski definition) is 0. The van der Waals surface area contributed by atoms with Crippen LogP contribution in [0, 0.1) is 6.92 Å². The number of benzene rings is 1. The molecule has 136 valence electrons.